The van der Waals surface area contributed by atoms with E-state index in [1.54, 1.807) is 0 Å². The lowest BCUT2D eigenvalue weighted by atomic mass is 9.99. The second-order valence-corrected chi connectivity index (χ2v) is 6.74. The van der Waals surface area contributed by atoms with Crippen LogP contribution in [-0.2, 0) is 6.42 Å². The number of nitrogens with one attached hydrogen (secondary N) is 1. The number of thioether (sulfide) groups is 1. The van der Waals surface area contributed by atoms with Gasteiger partial charge in [-0.2, -0.15) is 11.8 Å². The maximum Gasteiger partial charge on any atom is 0.0226 e. The summed E-state index contributed by atoms with van der Waals surface area (Å²) in [5.74, 6) is 2.66. The predicted molar refractivity (Wildman–Crippen MR) is 75.7 cm³/mol. The van der Waals surface area contributed by atoms with Crippen molar-refractivity contribution in [1.29, 1.82) is 0 Å². The van der Waals surface area contributed by atoms with Crippen molar-refractivity contribution in [2.45, 2.75) is 44.2 Å². The van der Waals surface area contributed by atoms with Gasteiger partial charge >= 0.3 is 0 Å². The zero-order chi connectivity index (χ0) is 11.7. The molecular formula is C15H21NS. The van der Waals surface area contributed by atoms with Gasteiger partial charge in [0, 0.05) is 17.3 Å². The molecule has 1 aromatic rings. The first-order valence-corrected chi connectivity index (χ1v) is 7.83. The lowest BCUT2D eigenvalue weighted by Gasteiger charge is -2.22. The fourth-order valence-electron chi connectivity index (χ4n) is 2.78. The molecule has 0 aromatic heterocycles. The minimum absolute atomic E-state index is 0.446. The number of aryl methyl sites for hydroxylation is 1. The van der Waals surface area contributed by atoms with E-state index in [2.05, 4.69) is 48.3 Å². The van der Waals surface area contributed by atoms with Crippen LogP contribution in [0, 0.1) is 6.92 Å². The third kappa shape index (κ3) is 2.69. The Morgan fingerprint density at radius 3 is 2.82 bits per heavy atom. The molecule has 2 fully saturated rings. The van der Waals surface area contributed by atoms with E-state index >= 15 is 0 Å². The maximum absolute atomic E-state index is 3.92. The Balaban J connectivity index is 1.66. The van der Waals surface area contributed by atoms with Gasteiger partial charge in [-0.1, -0.05) is 24.3 Å². The standard InChI is InChI=1S/C15H21NS/c1-12-4-2-3-5-13(12)10-15(7-8-15)16-14-6-9-17-11-14/h2-5,14,16H,6-11H2,1H3/t14-/m1/s1. The lowest BCUT2D eigenvalue weighted by molar-refractivity contribution is 0.430. The molecule has 0 bridgehead atoms. The van der Waals surface area contributed by atoms with Crippen LogP contribution in [0.1, 0.15) is 30.4 Å². The van der Waals surface area contributed by atoms with E-state index in [0.29, 0.717) is 5.54 Å². The molecule has 1 N–H and O–H groups in total. The largest absolute Gasteiger partial charge is 0.307 e. The molecule has 0 radical (unpaired) electrons. The molecule has 17 heavy (non-hydrogen) atoms. The van der Waals surface area contributed by atoms with Crippen molar-refractivity contribution in [2.75, 3.05) is 11.5 Å². The fraction of sp³-hybridized carbons (Fsp3) is 0.600. The van der Waals surface area contributed by atoms with Gasteiger partial charge in [0.05, 0.1) is 0 Å². The second-order valence-electron chi connectivity index (χ2n) is 5.59. The topological polar surface area (TPSA) is 12.0 Å². The van der Waals surface area contributed by atoms with Crippen LogP contribution >= 0.6 is 11.8 Å². The van der Waals surface area contributed by atoms with Crippen LogP contribution in [0.4, 0.5) is 0 Å². The first-order valence-electron chi connectivity index (χ1n) is 6.67. The molecule has 0 amide bonds. The quantitative estimate of drug-likeness (QED) is 0.877. The molecule has 1 aliphatic heterocycles. The number of hydrogen-bond acceptors (Lipinski definition) is 2. The van der Waals surface area contributed by atoms with E-state index < -0.39 is 0 Å². The third-order valence-electron chi connectivity index (χ3n) is 4.08. The monoisotopic (exact) mass is 247 g/mol. The zero-order valence-corrected chi connectivity index (χ0v) is 11.4. The normalized spacial score (nSPS) is 26.1. The van der Waals surface area contributed by atoms with Gasteiger partial charge < -0.3 is 5.32 Å². The van der Waals surface area contributed by atoms with Crippen LogP contribution in [0.25, 0.3) is 0 Å². The van der Waals surface area contributed by atoms with Crippen molar-refractivity contribution < 1.29 is 0 Å². The molecule has 2 heteroatoms. The summed E-state index contributed by atoms with van der Waals surface area (Å²) in [6.45, 7) is 2.23. The fourth-order valence-corrected chi connectivity index (χ4v) is 3.93. The molecule has 1 aliphatic carbocycles. The SMILES string of the molecule is Cc1ccccc1CC1(N[C@@H]2CCSC2)CC1. The molecular weight excluding hydrogens is 226 g/mol. The Hall–Kier alpha value is -0.470. The van der Waals surface area contributed by atoms with Crippen molar-refractivity contribution in [3.05, 3.63) is 35.4 Å². The Bertz CT molecular complexity index is 392. The molecule has 2 aliphatic rings. The number of benzene rings is 1. The summed E-state index contributed by atoms with van der Waals surface area (Å²) >= 11 is 2.10. The van der Waals surface area contributed by atoms with Gasteiger partial charge in [-0.15, -0.1) is 0 Å². The summed E-state index contributed by atoms with van der Waals surface area (Å²) < 4.78 is 0. The minimum atomic E-state index is 0.446. The molecule has 1 saturated carbocycles. The highest BCUT2D eigenvalue weighted by Gasteiger charge is 2.44. The van der Waals surface area contributed by atoms with E-state index in [0.717, 1.165) is 6.04 Å². The molecule has 1 saturated heterocycles. The van der Waals surface area contributed by atoms with E-state index in [4.69, 9.17) is 0 Å². The third-order valence-corrected chi connectivity index (χ3v) is 5.25. The average Bonchev–Trinajstić information content (AvgIpc) is 2.87. The Kier molecular flexibility index (Phi) is 3.18. The summed E-state index contributed by atoms with van der Waals surface area (Å²) in [6.07, 6.45) is 5.31. The van der Waals surface area contributed by atoms with Crippen molar-refractivity contribution in [2.24, 2.45) is 0 Å². The Labute approximate surface area is 108 Å². The van der Waals surface area contributed by atoms with Crippen molar-refractivity contribution >= 4 is 11.8 Å². The summed E-state index contributed by atoms with van der Waals surface area (Å²) in [6, 6.07) is 9.60. The minimum Gasteiger partial charge on any atom is -0.307 e. The molecule has 1 heterocycles. The highest BCUT2D eigenvalue weighted by molar-refractivity contribution is 7.99. The van der Waals surface area contributed by atoms with Crippen LogP contribution in [0.3, 0.4) is 0 Å². The molecule has 92 valence electrons. The van der Waals surface area contributed by atoms with Crippen molar-refractivity contribution in [3.63, 3.8) is 0 Å². The molecule has 1 nitrogen and oxygen atoms in total. The molecule has 1 aromatic carbocycles. The maximum atomic E-state index is 3.92. The van der Waals surface area contributed by atoms with Gasteiger partial charge in [0.1, 0.15) is 0 Å². The van der Waals surface area contributed by atoms with E-state index in [1.807, 2.05) is 0 Å². The van der Waals surface area contributed by atoms with Crippen molar-refractivity contribution in [3.8, 4) is 0 Å². The van der Waals surface area contributed by atoms with E-state index in [1.165, 1.54) is 48.3 Å². The molecule has 0 spiro atoms. The van der Waals surface area contributed by atoms with Crippen LogP contribution in [-0.4, -0.2) is 23.1 Å². The van der Waals surface area contributed by atoms with Gasteiger partial charge in [0.2, 0.25) is 0 Å². The number of rotatable bonds is 4. The lowest BCUT2D eigenvalue weighted by Crippen LogP contribution is -2.41. The van der Waals surface area contributed by atoms with Crippen LogP contribution in [0.2, 0.25) is 0 Å². The summed E-state index contributed by atoms with van der Waals surface area (Å²) in [5.41, 5.74) is 3.42. The molecule has 3 rings (SSSR count). The van der Waals surface area contributed by atoms with Crippen molar-refractivity contribution in [1.82, 2.24) is 5.32 Å². The average molecular weight is 247 g/mol. The van der Waals surface area contributed by atoms with E-state index in [-0.39, 0.29) is 0 Å². The summed E-state index contributed by atoms with van der Waals surface area (Å²) in [4.78, 5) is 0. The Morgan fingerprint density at radius 1 is 1.35 bits per heavy atom. The van der Waals surface area contributed by atoms with Gasteiger partial charge in [-0.05, 0) is 49.5 Å². The Morgan fingerprint density at radius 2 is 2.18 bits per heavy atom. The number of hydrogen-bond donors (Lipinski definition) is 1. The highest BCUT2D eigenvalue weighted by Crippen LogP contribution is 2.40. The first kappa shape index (κ1) is 11.6. The van der Waals surface area contributed by atoms with Gasteiger partial charge in [0.15, 0.2) is 0 Å². The smallest absolute Gasteiger partial charge is 0.0226 e. The van der Waals surface area contributed by atoms with Crippen LogP contribution in [0.5, 0.6) is 0 Å². The van der Waals surface area contributed by atoms with Crippen LogP contribution < -0.4 is 5.32 Å². The van der Waals surface area contributed by atoms with Gasteiger partial charge in [0.25, 0.3) is 0 Å². The van der Waals surface area contributed by atoms with Gasteiger partial charge in [-0.3, -0.25) is 0 Å². The summed E-state index contributed by atoms with van der Waals surface area (Å²) in [7, 11) is 0. The highest BCUT2D eigenvalue weighted by atomic mass is 32.2. The predicted octanol–water partition coefficient (Wildman–Crippen LogP) is 3.17. The van der Waals surface area contributed by atoms with Crippen LogP contribution in [0.15, 0.2) is 24.3 Å². The van der Waals surface area contributed by atoms with E-state index in [9.17, 15) is 0 Å². The summed E-state index contributed by atoms with van der Waals surface area (Å²) in [5, 5.41) is 3.92. The van der Waals surface area contributed by atoms with Gasteiger partial charge in [-0.25, -0.2) is 0 Å². The second kappa shape index (κ2) is 4.66. The zero-order valence-electron chi connectivity index (χ0n) is 10.5. The first-order chi connectivity index (χ1) is 8.27. The molecule has 0 unspecified atom stereocenters. The molecule has 1 atom stereocenters.